The Labute approximate surface area is 108 Å². The molecule has 0 aliphatic carbocycles. The van der Waals surface area contributed by atoms with Gasteiger partial charge in [0.15, 0.2) is 0 Å². The Morgan fingerprint density at radius 1 is 1.24 bits per heavy atom. The minimum atomic E-state index is -0.608. The monoisotopic (exact) mass is 270 g/mol. The van der Waals surface area contributed by atoms with Crippen LogP contribution in [0, 0.1) is 5.82 Å². The predicted octanol–water partition coefficient (Wildman–Crippen LogP) is 3.69. The maximum Gasteiger partial charge on any atom is 0.127 e. The molecule has 2 aromatic rings. The predicted molar refractivity (Wildman–Crippen MR) is 69.1 cm³/mol. The molecule has 1 heterocycles. The van der Waals surface area contributed by atoms with Crippen LogP contribution >= 0.6 is 22.9 Å². The molecular formula is C13H12ClFOS. The molecule has 1 atom stereocenters. The molecule has 4 heteroatoms. The first kappa shape index (κ1) is 12.6. The molecule has 17 heavy (non-hydrogen) atoms. The molecule has 0 saturated carbocycles. The Kier molecular flexibility index (Phi) is 4.15. The first-order valence-corrected chi connectivity index (χ1v) is 6.56. The van der Waals surface area contributed by atoms with Gasteiger partial charge < -0.3 is 5.11 Å². The van der Waals surface area contributed by atoms with E-state index < -0.39 is 6.10 Å². The van der Waals surface area contributed by atoms with Crippen molar-refractivity contribution in [2.75, 3.05) is 0 Å². The van der Waals surface area contributed by atoms with Crippen LogP contribution in [0.5, 0.6) is 0 Å². The number of aliphatic hydroxyl groups excluding tert-OH is 1. The standard InChI is InChI=1S/C13H12ClFOS/c14-12-4-1-5-13(15)11(12)8-9(16)7-10-3-2-6-17-10/h1-6,9,16H,7-8H2. The van der Waals surface area contributed by atoms with E-state index in [0.29, 0.717) is 17.0 Å². The summed E-state index contributed by atoms with van der Waals surface area (Å²) in [4.78, 5) is 1.09. The molecule has 0 amide bonds. The zero-order valence-corrected chi connectivity index (χ0v) is 10.6. The summed E-state index contributed by atoms with van der Waals surface area (Å²) in [6, 6.07) is 8.45. The van der Waals surface area contributed by atoms with Gasteiger partial charge >= 0.3 is 0 Å². The van der Waals surface area contributed by atoms with Crippen molar-refractivity contribution in [1.29, 1.82) is 0 Å². The van der Waals surface area contributed by atoms with Crippen molar-refractivity contribution in [3.8, 4) is 0 Å². The molecule has 1 aromatic carbocycles. The summed E-state index contributed by atoms with van der Waals surface area (Å²) < 4.78 is 13.5. The summed E-state index contributed by atoms with van der Waals surface area (Å²) in [6.07, 6.45) is 0.161. The Hall–Kier alpha value is -0.900. The summed E-state index contributed by atoms with van der Waals surface area (Å²) >= 11 is 7.49. The molecule has 2 rings (SSSR count). The average Bonchev–Trinajstić information content (AvgIpc) is 2.76. The minimum absolute atomic E-state index is 0.239. The van der Waals surface area contributed by atoms with Crippen LogP contribution < -0.4 is 0 Å². The second-order valence-corrected chi connectivity index (χ2v) is 5.28. The highest BCUT2D eigenvalue weighted by molar-refractivity contribution is 7.09. The Bertz CT molecular complexity index is 464. The third-order valence-corrected chi connectivity index (χ3v) is 3.77. The smallest absolute Gasteiger partial charge is 0.127 e. The van der Waals surface area contributed by atoms with E-state index in [2.05, 4.69) is 0 Å². The number of thiophene rings is 1. The van der Waals surface area contributed by atoms with Crippen LogP contribution in [-0.2, 0) is 12.8 Å². The maximum absolute atomic E-state index is 13.5. The molecule has 1 nitrogen and oxygen atoms in total. The van der Waals surface area contributed by atoms with Gasteiger partial charge in [0.25, 0.3) is 0 Å². The Morgan fingerprint density at radius 2 is 2.06 bits per heavy atom. The lowest BCUT2D eigenvalue weighted by atomic mass is 10.0. The van der Waals surface area contributed by atoms with E-state index in [1.165, 1.54) is 6.07 Å². The van der Waals surface area contributed by atoms with Crippen LogP contribution in [-0.4, -0.2) is 11.2 Å². The van der Waals surface area contributed by atoms with Crippen LogP contribution in [0.2, 0.25) is 5.02 Å². The molecule has 1 unspecified atom stereocenters. The lowest BCUT2D eigenvalue weighted by Crippen LogP contribution is -2.14. The fourth-order valence-corrected chi connectivity index (χ4v) is 2.71. The number of halogens is 2. The summed E-state index contributed by atoms with van der Waals surface area (Å²) in [5, 5.41) is 12.2. The van der Waals surface area contributed by atoms with Crippen molar-refractivity contribution >= 4 is 22.9 Å². The van der Waals surface area contributed by atoms with Crippen LogP contribution in [0.25, 0.3) is 0 Å². The number of hydrogen-bond acceptors (Lipinski definition) is 2. The summed E-state index contributed by atoms with van der Waals surface area (Å²) in [5.41, 5.74) is 0.387. The van der Waals surface area contributed by atoms with Gasteiger partial charge in [-0.3, -0.25) is 0 Å². The van der Waals surface area contributed by atoms with Gasteiger partial charge in [-0.1, -0.05) is 23.7 Å². The van der Waals surface area contributed by atoms with Crippen LogP contribution in [0.1, 0.15) is 10.4 Å². The Morgan fingerprint density at radius 3 is 2.71 bits per heavy atom. The number of hydrogen-bond donors (Lipinski definition) is 1. The second kappa shape index (κ2) is 5.63. The van der Waals surface area contributed by atoms with Crippen LogP contribution in [0.3, 0.4) is 0 Å². The molecule has 0 saturated heterocycles. The van der Waals surface area contributed by atoms with Crippen molar-refractivity contribution in [2.45, 2.75) is 18.9 Å². The van der Waals surface area contributed by atoms with Crippen molar-refractivity contribution in [3.63, 3.8) is 0 Å². The number of rotatable bonds is 4. The summed E-state index contributed by atoms with van der Waals surface area (Å²) in [6.45, 7) is 0. The zero-order chi connectivity index (χ0) is 12.3. The van der Waals surface area contributed by atoms with Gasteiger partial charge in [0.1, 0.15) is 5.82 Å². The van der Waals surface area contributed by atoms with Crippen molar-refractivity contribution in [2.24, 2.45) is 0 Å². The van der Waals surface area contributed by atoms with Gasteiger partial charge in [-0.2, -0.15) is 0 Å². The summed E-state index contributed by atoms with van der Waals surface area (Å²) in [5.74, 6) is -0.359. The average molecular weight is 271 g/mol. The van der Waals surface area contributed by atoms with Crippen molar-refractivity contribution in [3.05, 3.63) is 57.0 Å². The second-order valence-electron chi connectivity index (χ2n) is 3.84. The first-order valence-electron chi connectivity index (χ1n) is 5.30. The van der Waals surface area contributed by atoms with E-state index in [9.17, 15) is 9.50 Å². The van der Waals surface area contributed by atoms with Crippen molar-refractivity contribution < 1.29 is 9.50 Å². The maximum atomic E-state index is 13.5. The largest absolute Gasteiger partial charge is 0.392 e. The molecule has 1 N–H and O–H groups in total. The Balaban J connectivity index is 2.05. The third kappa shape index (κ3) is 3.28. The van der Waals surface area contributed by atoms with E-state index in [0.717, 1.165) is 4.88 Å². The van der Waals surface area contributed by atoms with E-state index in [1.54, 1.807) is 23.5 Å². The van der Waals surface area contributed by atoms with Crippen LogP contribution in [0.15, 0.2) is 35.7 Å². The normalized spacial score (nSPS) is 12.6. The van der Waals surface area contributed by atoms with Gasteiger partial charge in [-0.15, -0.1) is 11.3 Å². The number of aliphatic hydroxyl groups is 1. The fourth-order valence-electron chi connectivity index (χ4n) is 1.70. The minimum Gasteiger partial charge on any atom is -0.392 e. The highest BCUT2D eigenvalue weighted by atomic mass is 35.5. The van der Waals surface area contributed by atoms with E-state index >= 15 is 0 Å². The molecule has 90 valence electrons. The molecule has 0 aliphatic rings. The van der Waals surface area contributed by atoms with Crippen LogP contribution in [0.4, 0.5) is 4.39 Å². The van der Waals surface area contributed by atoms with E-state index in [4.69, 9.17) is 11.6 Å². The molecular weight excluding hydrogens is 259 g/mol. The van der Waals surface area contributed by atoms with Gasteiger partial charge in [0.2, 0.25) is 0 Å². The number of benzene rings is 1. The topological polar surface area (TPSA) is 20.2 Å². The molecule has 1 aromatic heterocycles. The lowest BCUT2D eigenvalue weighted by Gasteiger charge is -2.11. The van der Waals surface area contributed by atoms with Crippen molar-refractivity contribution in [1.82, 2.24) is 0 Å². The highest BCUT2D eigenvalue weighted by Gasteiger charge is 2.13. The highest BCUT2D eigenvalue weighted by Crippen LogP contribution is 2.22. The lowest BCUT2D eigenvalue weighted by molar-refractivity contribution is 0.175. The zero-order valence-electron chi connectivity index (χ0n) is 9.07. The quantitative estimate of drug-likeness (QED) is 0.898. The van der Waals surface area contributed by atoms with E-state index in [-0.39, 0.29) is 12.2 Å². The van der Waals surface area contributed by atoms with Gasteiger partial charge in [-0.05, 0) is 23.6 Å². The third-order valence-electron chi connectivity index (χ3n) is 2.52. The molecule has 0 spiro atoms. The molecule has 0 radical (unpaired) electrons. The summed E-state index contributed by atoms with van der Waals surface area (Å²) in [7, 11) is 0. The first-order chi connectivity index (χ1) is 8.16. The fraction of sp³-hybridized carbons (Fsp3) is 0.231. The molecule has 0 bridgehead atoms. The molecule has 0 aliphatic heterocycles. The van der Waals surface area contributed by atoms with Gasteiger partial charge in [0.05, 0.1) is 6.10 Å². The van der Waals surface area contributed by atoms with Gasteiger partial charge in [0, 0.05) is 28.3 Å². The molecule has 0 fully saturated rings. The SMILES string of the molecule is OC(Cc1cccs1)Cc1c(F)cccc1Cl. The van der Waals surface area contributed by atoms with E-state index in [1.807, 2.05) is 17.5 Å². The van der Waals surface area contributed by atoms with Gasteiger partial charge in [-0.25, -0.2) is 4.39 Å².